The topological polar surface area (TPSA) is 43.8 Å². The molecule has 0 amide bonds. The summed E-state index contributed by atoms with van der Waals surface area (Å²) in [5.74, 6) is 2.17. The summed E-state index contributed by atoms with van der Waals surface area (Å²) < 4.78 is 2.15. The molecule has 0 aliphatic rings. The summed E-state index contributed by atoms with van der Waals surface area (Å²) in [5.41, 5.74) is 8.20. The molecule has 1 heterocycles. The van der Waals surface area contributed by atoms with E-state index in [1.807, 2.05) is 24.3 Å². The molecule has 0 aliphatic heterocycles. The van der Waals surface area contributed by atoms with E-state index in [1.165, 1.54) is 0 Å². The molecule has 0 spiro atoms. The van der Waals surface area contributed by atoms with E-state index in [4.69, 9.17) is 22.3 Å². The average molecular weight is 292 g/mol. The zero-order chi connectivity index (χ0) is 14.7. The lowest BCUT2D eigenvalue weighted by Gasteiger charge is -2.11. The molecule has 0 radical (unpaired) electrons. The molecule has 4 heteroatoms. The highest BCUT2D eigenvalue weighted by atomic mass is 35.5. The van der Waals surface area contributed by atoms with E-state index in [0.717, 1.165) is 47.3 Å². The molecule has 1 aromatic carbocycles. The number of hydrogen-bond donors (Lipinski definition) is 1. The van der Waals surface area contributed by atoms with Crippen LogP contribution in [-0.2, 0) is 6.54 Å². The Morgan fingerprint density at radius 3 is 2.45 bits per heavy atom. The molecule has 0 saturated carbocycles. The number of anilines is 1. The van der Waals surface area contributed by atoms with Crippen molar-refractivity contribution in [3.8, 4) is 11.3 Å². The Labute approximate surface area is 125 Å². The van der Waals surface area contributed by atoms with Crippen LogP contribution in [0.1, 0.15) is 45.4 Å². The maximum absolute atomic E-state index is 6.32. The molecule has 0 aliphatic carbocycles. The van der Waals surface area contributed by atoms with Gasteiger partial charge in [-0.2, -0.15) is 0 Å². The van der Waals surface area contributed by atoms with E-state index in [2.05, 4.69) is 25.3 Å². The van der Waals surface area contributed by atoms with Gasteiger partial charge in [-0.3, -0.25) is 0 Å². The fourth-order valence-electron chi connectivity index (χ4n) is 2.30. The first kappa shape index (κ1) is 14.9. The van der Waals surface area contributed by atoms with Crippen molar-refractivity contribution in [2.24, 2.45) is 0 Å². The van der Waals surface area contributed by atoms with Crippen LogP contribution in [0.5, 0.6) is 0 Å². The van der Waals surface area contributed by atoms with Crippen molar-refractivity contribution in [2.75, 3.05) is 5.73 Å². The number of benzene rings is 1. The molecule has 3 nitrogen and oxygen atoms in total. The highest BCUT2D eigenvalue weighted by molar-refractivity contribution is 6.30. The Morgan fingerprint density at radius 1 is 1.25 bits per heavy atom. The second-order valence-corrected chi connectivity index (χ2v) is 5.81. The number of nitrogens with two attached hydrogens (primary N) is 1. The first-order valence-corrected chi connectivity index (χ1v) is 7.54. The third-order valence-electron chi connectivity index (χ3n) is 3.41. The van der Waals surface area contributed by atoms with Crippen LogP contribution in [0.25, 0.3) is 11.3 Å². The van der Waals surface area contributed by atoms with Crippen LogP contribution >= 0.6 is 11.6 Å². The molecule has 1 aromatic heterocycles. The predicted octanol–water partition coefficient (Wildman–Crippen LogP) is 4.71. The lowest BCUT2D eigenvalue weighted by molar-refractivity contribution is 0.588. The van der Waals surface area contributed by atoms with Crippen LogP contribution < -0.4 is 5.73 Å². The SMILES string of the molecule is CCCCn1c(C(C)C)nc(-c2ccc(Cl)cc2)c1N. The fourth-order valence-corrected chi connectivity index (χ4v) is 2.42. The van der Waals surface area contributed by atoms with Gasteiger partial charge in [-0.25, -0.2) is 4.98 Å². The number of halogens is 1. The summed E-state index contributed by atoms with van der Waals surface area (Å²) in [6.45, 7) is 7.41. The van der Waals surface area contributed by atoms with Crippen molar-refractivity contribution < 1.29 is 0 Å². The Bertz CT molecular complexity index is 570. The zero-order valence-corrected chi connectivity index (χ0v) is 13.1. The average Bonchev–Trinajstić information content (AvgIpc) is 2.75. The molecule has 0 saturated heterocycles. The maximum Gasteiger partial charge on any atom is 0.131 e. The number of nitrogen functional groups attached to an aromatic ring is 1. The van der Waals surface area contributed by atoms with Crippen molar-refractivity contribution in [3.63, 3.8) is 0 Å². The fraction of sp³-hybridized carbons (Fsp3) is 0.438. The largest absolute Gasteiger partial charge is 0.383 e. The van der Waals surface area contributed by atoms with Gasteiger partial charge in [0.2, 0.25) is 0 Å². The molecule has 0 bridgehead atoms. The second-order valence-electron chi connectivity index (χ2n) is 5.37. The monoisotopic (exact) mass is 291 g/mol. The van der Waals surface area contributed by atoms with Gasteiger partial charge in [0.25, 0.3) is 0 Å². The first-order valence-electron chi connectivity index (χ1n) is 7.16. The Morgan fingerprint density at radius 2 is 1.90 bits per heavy atom. The quantitative estimate of drug-likeness (QED) is 0.867. The van der Waals surface area contributed by atoms with E-state index in [9.17, 15) is 0 Å². The van der Waals surface area contributed by atoms with Gasteiger partial charge in [0, 0.05) is 23.0 Å². The molecule has 108 valence electrons. The van der Waals surface area contributed by atoms with Gasteiger partial charge in [-0.05, 0) is 18.6 Å². The van der Waals surface area contributed by atoms with Crippen molar-refractivity contribution in [2.45, 2.75) is 46.1 Å². The van der Waals surface area contributed by atoms with Crippen LogP contribution in [0, 0.1) is 0 Å². The standard InChI is InChI=1S/C16H22ClN3/c1-4-5-10-20-15(18)14(19-16(20)11(2)3)12-6-8-13(17)9-7-12/h6-9,11H,4-5,10,18H2,1-3H3. The summed E-state index contributed by atoms with van der Waals surface area (Å²) in [6.07, 6.45) is 2.26. The van der Waals surface area contributed by atoms with Crippen molar-refractivity contribution in [1.82, 2.24) is 9.55 Å². The van der Waals surface area contributed by atoms with Crippen LogP contribution in [-0.4, -0.2) is 9.55 Å². The summed E-state index contributed by atoms with van der Waals surface area (Å²) in [4.78, 5) is 4.76. The van der Waals surface area contributed by atoms with Gasteiger partial charge in [0.1, 0.15) is 17.3 Å². The maximum atomic E-state index is 6.32. The number of unbranched alkanes of at least 4 members (excludes halogenated alkanes) is 1. The smallest absolute Gasteiger partial charge is 0.131 e. The summed E-state index contributed by atoms with van der Waals surface area (Å²) in [5, 5.41) is 0.724. The molecule has 20 heavy (non-hydrogen) atoms. The Hall–Kier alpha value is -1.48. The van der Waals surface area contributed by atoms with Gasteiger partial charge in [-0.15, -0.1) is 0 Å². The Balaban J connectivity index is 2.46. The van der Waals surface area contributed by atoms with Gasteiger partial charge in [0.15, 0.2) is 0 Å². The molecule has 0 atom stereocenters. The Kier molecular flexibility index (Phi) is 4.71. The number of aromatic nitrogens is 2. The van der Waals surface area contributed by atoms with E-state index in [0.29, 0.717) is 5.92 Å². The highest BCUT2D eigenvalue weighted by Crippen LogP contribution is 2.30. The minimum Gasteiger partial charge on any atom is -0.383 e. The molecular formula is C16H22ClN3. The number of rotatable bonds is 5. The summed E-state index contributed by atoms with van der Waals surface area (Å²) in [6, 6.07) is 7.68. The zero-order valence-electron chi connectivity index (χ0n) is 12.4. The summed E-state index contributed by atoms with van der Waals surface area (Å²) >= 11 is 5.94. The first-order chi connectivity index (χ1) is 9.54. The van der Waals surface area contributed by atoms with Crippen molar-refractivity contribution in [3.05, 3.63) is 35.1 Å². The molecule has 2 rings (SSSR count). The van der Waals surface area contributed by atoms with E-state index in [1.54, 1.807) is 0 Å². The van der Waals surface area contributed by atoms with Gasteiger partial charge in [-0.1, -0.05) is 50.9 Å². The van der Waals surface area contributed by atoms with Crippen LogP contribution in [0.15, 0.2) is 24.3 Å². The van der Waals surface area contributed by atoms with Crippen LogP contribution in [0.3, 0.4) is 0 Å². The molecular weight excluding hydrogens is 270 g/mol. The summed E-state index contributed by atoms with van der Waals surface area (Å²) in [7, 11) is 0. The predicted molar refractivity (Wildman–Crippen MR) is 86.1 cm³/mol. The third kappa shape index (κ3) is 2.98. The van der Waals surface area contributed by atoms with Gasteiger partial charge >= 0.3 is 0 Å². The minimum absolute atomic E-state index is 0.357. The molecule has 2 aromatic rings. The van der Waals surface area contributed by atoms with Crippen LogP contribution in [0.4, 0.5) is 5.82 Å². The van der Waals surface area contributed by atoms with Crippen molar-refractivity contribution in [1.29, 1.82) is 0 Å². The van der Waals surface area contributed by atoms with E-state index < -0.39 is 0 Å². The van der Waals surface area contributed by atoms with Crippen molar-refractivity contribution >= 4 is 17.4 Å². The lowest BCUT2D eigenvalue weighted by Crippen LogP contribution is -2.08. The highest BCUT2D eigenvalue weighted by Gasteiger charge is 2.17. The van der Waals surface area contributed by atoms with Gasteiger partial charge in [0.05, 0.1) is 0 Å². The van der Waals surface area contributed by atoms with E-state index >= 15 is 0 Å². The molecule has 0 fully saturated rings. The number of hydrogen-bond acceptors (Lipinski definition) is 2. The number of nitrogens with zero attached hydrogens (tertiary/aromatic N) is 2. The van der Waals surface area contributed by atoms with Crippen LogP contribution in [0.2, 0.25) is 5.02 Å². The van der Waals surface area contributed by atoms with Gasteiger partial charge < -0.3 is 10.3 Å². The lowest BCUT2D eigenvalue weighted by atomic mass is 10.1. The molecule has 0 unspecified atom stereocenters. The third-order valence-corrected chi connectivity index (χ3v) is 3.66. The second kappa shape index (κ2) is 6.31. The van der Waals surface area contributed by atoms with E-state index in [-0.39, 0.29) is 0 Å². The minimum atomic E-state index is 0.357. The number of imidazole rings is 1. The molecule has 2 N–H and O–H groups in total. The normalized spacial score (nSPS) is 11.2.